The van der Waals surface area contributed by atoms with E-state index in [-0.39, 0.29) is 24.4 Å². The molecule has 1 heterocycles. The van der Waals surface area contributed by atoms with Crippen molar-refractivity contribution in [1.29, 1.82) is 0 Å². The molecule has 2 aromatic carbocycles. The van der Waals surface area contributed by atoms with Crippen LogP contribution in [0.2, 0.25) is 0 Å². The zero-order valence-corrected chi connectivity index (χ0v) is 12.3. The number of nitrogens with zero attached hydrogens (tertiary/aromatic N) is 1. The van der Waals surface area contributed by atoms with E-state index in [4.69, 9.17) is 5.73 Å². The lowest BCUT2D eigenvalue weighted by atomic mass is 10.1. The van der Waals surface area contributed by atoms with Gasteiger partial charge in [-0.1, -0.05) is 42.5 Å². The number of anilines is 2. The fourth-order valence-corrected chi connectivity index (χ4v) is 2.52. The van der Waals surface area contributed by atoms with E-state index in [9.17, 15) is 4.79 Å². The Morgan fingerprint density at radius 1 is 1.10 bits per heavy atom. The monoisotopic (exact) mass is 303 g/mol. The Hall–Kier alpha value is -2.04. The second-order valence-electron chi connectivity index (χ2n) is 4.83. The predicted molar refractivity (Wildman–Crippen MR) is 88.3 cm³/mol. The van der Waals surface area contributed by atoms with Crippen LogP contribution in [0.5, 0.6) is 0 Å². The first-order valence-corrected chi connectivity index (χ1v) is 6.70. The molecule has 21 heavy (non-hydrogen) atoms. The van der Waals surface area contributed by atoms with Crippen molar-refractivity contribution in [2.24, 2.45) is 5.73 Å². The minimum Gasteiger partial charge on any atom is -0.362 e. The third kappa shape index (κ3) is 3.01. The lowest BCUT2D eigenvalue weighted by molar-refractivity contribution is 0.0998. The molecule has 0 amide bonds. The van der Waals surface area contributed by atoms with Gasteiger partial charge in [-0.25, -0.2) is 0 Å². The molecule has 0 fully saturated rings. The topological polar surface area (TPSA) is 58.4 Å². The molecule has 5 heteroatoms. The maximum Gasteiger partial charge on any atom is 0.182 e. The maximum atomic E-state index is 12.4. The van der Waals surface area contributed by atoms with Gasteiger partial charge >= 0.3 is 0 Å². The minimum atomic E-state index is -0.0277. The summed E-state index contributed by atoms with van der Waals surface area (Å²) in [5.74, 6) is 0.0996. The molecule has 0 aromatic heterocycles. The standard InChI is InChI=1S/C16H17N3O.ClH/c17-10-16-18-13-8-4-5-9-14(13)19(16)11-15(20)12-6-2-1-3-7-12;/h1-9,16,18H,10-11,17H2;1H. The van der Waals surface area contributed by atoms with E-state index in [0.717, 1.165) is 16.9 Å². The van der Waals surface area contributed by atoms with Crippen molar-refractivity contribution >= 4 is 29.6 Å². The van der Waals surface area contributed by atoms with Gasteiger partial charge in [0.05, 0.1) is 17.9 Å². The number of para-hydroxylation sites is 2. The smallest absolute Gasteiger partial charge is 0.182 e. The molecule has 0 saturated carbocycles. The summed E-state index contributed by atoms with van der Waals surface area (Å²) >= 11 is 0. The Morgan fingerprint density at radius 2 is 1.76 bits per heavy atom. The zero-order valence-electron chi connectivity index (χ0n) is 11.5. The van der Waals surface area contributed by atoms with Gasteiger partial charge < -0.3 is 16.0 Å². The summed E-state index contributed by atoms with van der Waals surface area (Å²) in [6, 6.07) is 17.3. The number of carbonyl (C=O) groups is 1. The minimum absolute atomic E-state index is 0. The lowest BCUT2D eigenvalue weighted by Crippen LogP contribution is -2.44. The number of Topliss-reactive ketones (excluding diaryl/α,β-unsaturated/α-hetero) is 1. The normalized spacial score (nSPS) is 15.9. The number of benzene rings is 2. The summed E-state index contributed by atoms with van der Waals surface area (Å²) in [4.78, 5) is 14.4. The summed E-state index contributed by atoms with van der Waals surface area (Å²) in [5.41, 5.74) is 8.60. The van der Waals surface area contributed by atoms with Crippen LogP contribution in [0.3, 0.4) is 0 Å². The van der Waals surface area contributed by atoms with Gasteiger partial charge in [-0.15, -0.1) is 12.4 Å². The van der Waals surface area contributed by atoms with Crippen LogP contribution in [0.1, 0.15) is 10.4 Å². The predicted octanol–water partition coefficient (Wildman–Crippen LogP) is 2.51. The molecule has 4 nitrogen and oxygen atoms in total. The van der Waals surface area contributed by atoms with E-state index < -0.39 is 0 Å². The molecule has 1 atom stereocenters. The van der Waals surface area contributed by atoms with Crippen molar-refractivity contribution < 1.29 is 4.79 Å². The van der Waals surface area contributed by atoms with Gasteiger partial charge in [0.2, 0.25) is 0 Å². The third-order valence-corrected chi connectivity index (χ3v) is 3.54. The summed E-state index contributed by atoms with van der Waals surface area (Å²) < 4.78 is 0. The van der Waals surface area contributed by atoms with Gasteiger partial charge in [-0.05, 0) is 12.1 Å². The van der Waals surface area contributed by atoms with Gasteiger partial charge in [-0.3, -0.25) is 4.79 Å². The first-order valence-electron chi connectivity index (χ1n) is 6.70. The lowest BCUT2D eigenvalue weighted by Gasteiger charge is -2.25. The van der Waals surface area contributed by atoms with Crippen LogP contribution < -0.4 is 16.0 Å². The van der Waals surface area contributed by atoms with Crippen molar-refractivity contribution in [3.05, 3.63) is 60.2 Å². The summed E-state index contributed by atoms with van der Waals surface area (Å²) in [5, 5.41) is 3.34. The van der Waals surface area contributed by atoms with Gasteiger partial charge in [0, 0.05) is 12.1 Å². The van der Waals surface area contributed by atoms with Gasteiger partial charge in [-0.2, -0.15) is 0 Å². The quantitative estimate of drug-likeness (QED) is 0.852. The molecule has 0 bridgehead atoms. The highest BCUT2D eigenvalue weighted by Crippen LogP contribution is 2.33. The molecule has 3 N–H and O–H groups in total. The van der Waals surface area contributed by atoms with Crippen molar-refractivity contribution in [2.45, 2.75) is 6.17 Å². The maximum absolute atomic E-state index is 12.4. The van der Waals surface area contributed by atoms with E-state index in [0.29, 0.717) is 13.1 Å². The van der Waals surface area contributed by atoms with Gasteiger partial charge in [0.1, 0.15) is 6.17 Å². The van der Waals surface area contributed by atoms with E-state index in [1.807, 2.05) is 59.5 Å². The molecule has 3 rings (SSSR count). The molecular weight excluding hydrogens is 286 g/mol. The fraction of sp³-hybridized carbons (Fsp3) is 0.188. The molecular formula is C16H18ClN3O. The second kappa shape index (κ2) is 6.61. The number of carbonyl (C=O) groups excluding carboxylic acids is 1. The summed E-state index contributed by atoms with van der Waals surface area (Å²) in [6.07, 6.45) is -0.0277. The molecule has 0 spiro atoms. The largest absolute Gasteiger partial charge is 0.362 e. The Balaban J connectivity index is 0.00000161. The number of rotatable bonds is 4. The molecule has 110 valence electrons. The molecule has 1 aliphatic rings. The van der Waals surface area contributed by atoms with Crippen molar-refractivity contribution in [3.8, 4) is 0 Å². The van der Waals surface area contributed by atoms with Crippen molar-refractivity contribution in [1.82, 2.24) is 0 Å². The molecule has 1 unspecified atom stereocenters. The van der Waals surface area contributed by atoms with E-state index in [1.165, 1.54) is 0 Å². The highest BCUT2D eigenvalue weighted by molar-refractivity contribution is 6.00. The number of ketones is 1. The Kier molecular flexibility index (Phi) is 4.83. The average molecular weight is 304 g/mol. The van der Waals surface area contributed by atoms with Crippen LogP contribution in [-0.4, -0.2) is 25.0 Å². The number of nitrogens with two attached hydrogens (primary N) is 1. The van der Waals surface area contributed by atoms with Crippen LogP contribution in [-0.2, 0) is 0 Å². The number of fused-ring (bicyclic) bond motifs is 1. The number of nitrogens with one attached hydrogen (secondary N) is 1. The number of hydrogen-bond acceptors (Lipinski definition) is 4. The van der Waals surface area contributed by atoms with Gasteiger partial charge in [0.15, 0.2) is 5.78 Å². The fourth-order valence-electron chi connectivity index (χ4n) is 2.52. The Morgan fingerprint density at radius 3 is 2.48 bits per heavy atom. The molecule has 1 aliphatic heterocycles. The highest BCUT2D eigenvalue weighted by atomic mass is 35.5. The molecule has 2 aromatic rings. The van der Waals surface area contributed by atoms with Crippen LogP contribution >= 0.6 is 12.4 Å². The van der Waals surface area contributed by atoms with Crippen LogP contribution in [0.15, 0.2) is 54.6 Å². The van der Waals surface area contributed by atoms with Crippen LogP contribution in [0.4, 0.5) is 11.4 Å². The van der Waals surface area contributed by atoms with Crippen molar-refractivity contribution in [3.63, 3.8) is 0 Å². The van der Waals surface area contributed by atoms with Gasteiger partial charge in [0.25, 0.3) is 0 Å². The van der Waals surface area contributed by atoms with Crippen LogP contribution in [0, 0.1) is 0 Å². The summed E-state index contributed by atoms with van der Waals surface area (Å²) in [6.45, 7) is 0.784. The summed E-state index contributed by atoms with van der Waals surface area (Å²) in [7, 11) is 0. The van der Waals surface area contributed by atoms with E-state index >= 15 is 0 Å². The SMILES string of the molecule is Cl.NCC1Nc2ccccc2N1CC(=O)c1ccccc1. The third-order valence-electron chi connectivity index (χ3n) is 3.54. The first kappa shape index (κ1) is 15.4. The van der Waals surface area contributed by atoms with E-state index in [1.54, 1.807) is 0 Å². The highest BCUT2D eigenvalue weighted by Gasteiger charge is 2.28. The van der Waals surface area contributed by atoms with Crippen LogP contribution in [0.25, 0.3) is 0 Å². The molecule has 0 radical (unpaired) electrons. The Labute approximate surface area is 130 Å². The zero-order chi connectivity index (χ0) is 13.9. The first-order chi connectivity index (χ1) is 9.79. The molecule has 0 aliphatic carbocycles. The second-order valence-corrected chi connectivity index (χ2v) is 4.83. The number of halogens is 1. The number of hydrogen-bond donors (Lipinski definition) is 2. The van der Waals surface area contributed by atoms with E-state index in [2.05, 4.69) is 5.32 Å². The molecule has 0 saturated heterocycles. The Bertz CT molecular complexity index is 618. The van der Waals surface area contributed by atoms with Crippen molar-refractivity contribution in [2.75, 3.05) is 23.3 Å². The average Bonchev–Trinajstić information content (AvgIpc) is 2.86.